The highest BCUT2D eigenvalue weighted by atomic mass is 35.5. The van der Waals surface area contributed by atoms with E-state index in [0.29, 0.717) is 36.0 Å². The van der Waals surface area contributed by atoms with Crippen molar-refractivity contribution >= 4 is 52.0 Å². The predicted octanol–water partition coefficient (Wildman–Crippen LogP) is 9.21. The first-order chi connectivity index (χ1) is 21.8. The molecule has 0 amide bonds. The Balaban J connectivity index is 1.06. The van der Waals surface area contributed by atoms with Crippen LogP contribution in [-0.4, -0.2) is 67.3 Å². The molecule has 1 fully saturated rings. The summed E-state index contributed by atoms with van der Waals surface area (Å²) in [6, 6.07) is 15.1. The molecule has 1 saturated heterocycles. The first-order valence-electron chi connectivity index (χ1n) is 15.0. The van der Waals surface area contributed by atoms with Crippen molar-refractivity contribution in [2.45, 2.75) is 41.9 Å². The lowest BCUT2D eigenvalue weighted by atomic mass is 9.99. The number of alkyl halides is 6. The second kappa shape index (κ2) is 14.7. The van der Waals surface area contributed by atoms with E-state index in [1.165, 1.54) is 23.9 Å². The normalized spacial score (nSPS) is 16.6. The number of benzene rings is 3. The van der Waals surface area contributed by atoms with Crippen molar-refractivity contribution < 1.29 is 31.1 Å². The summed E-state index contributed by atoms with van der Waals surface area (Å²) in [4.78, 5) is 8.49. The number of piperazine rings is 1. The Hall–Kier alpha value is -2.51. The highest BCUT2D eigenvalue weighted by Crippen LogP contribution is 2.49. The van der Waals surface area contributed by atoms with Crippen LogP contribution in [0.25, 0.3) is 0 Å². The molecule has 0 aromatic heterocycles. The van der Waals surface area contributed by atoms with E-state index in [4.69, 9.17) is 28.6 Å². The largest absolute Gasteiger partial charge is 0.485 e. The maximum Gasteiger partial charge on any atom is 0.416 e. The number of ether oxygens (including phenoxy) is 1. The van der Waals surface area contributed by atoms with E-state index in [1.54, 1.807) is 6.07 Å². The van der Waals surface area contributed by atoms with E-state index in [1.807, 2.05) is 36.1 Å². The third-order valence-corrected chi connectivity index (χ3v) is 10.2. The SMILES string of the molecule is CC(Cc1cc(C(F)(F)F)ccc1Cl)C(=S)OCCN1CCN(CCCN2c3ccccc3Sc3ccc(C(F)(F)F)cc32)CC1. The molecule has 13 heteroatoms. The van der Waals surface area contributed by atoms with Gasteiger partial charge in [-0.25, -0.2) is 0 Å². The molecule has 0 radical (unpaired) electrons. The number of hydrogen-bond acceptors (Lipinski definition) is 6. The molecule has 2 aliphatic rings. The van der Waals surface area contributed by atoms with Crippen LogP contribution in [0.4, 0.5) is 37.7 Å². The molecule has 5 rings (SSSR count). The van der Waals surface area contributed by atoms with Crippen LogP contribution in [0.2, 0.25) is 5.02 Å². The van der Waals surface area contributed by atoms with Crippen LogP contribution in [0.1, 0.15) is 30.0 Å². The van der Waals surface area contributed by atoms with Crippen LogP contribution in [0.5, 0.6) is 0 Å². The van der Waals surface area contributed by atoms with Gasteiger partial charge in [-0.05, 0) is 85.7 Å². The number of para-hydroxylation sites is 1. The van der Waals surface area contributed by atoms with Crippen LogP contribution in [0, 0.1) is 5.92 Å². The molecule has 3 aromatic rings. The minimum absolute atomic E-state index is 0.247. The van der Waals surface area contributed by atoms with E-state index in [-0.39, 0.29) is 17.4 Å². The van der Waals surface area contributed by atoms with Gasteiger partial charge in [0.05, 0.1) is 22.5 Å². The van der Waals surface area contributed by atoms with Gasteiger partial charge in [-0.15, -0.1) is 0 Å². The number of halogens is 7. The number of nitrogens with zero attached hydrogens (tertiary/aromatic N) is 3. The zero-order valence-corrected chi connectivity index (χ0v) is 27.5. The van der Waals surface area contributed by atoms with Crippen molar-refractivity contribution in [3.63, 3.8) is 0 Å². The molecule has 1 atom stereocenters. The predicted molar refractivity (Wildman–Crippen MR) is 174 cm³/mol. The van der Waals surface area contributed by atoms with Crippen molar-refractivity contribution in [3.8, 4) is 0 Å². The first kappa shape index (κ1) is 34.8. The third kappa shape index (κ3) is 8.69. The Morgan fingerprint density at radius 2 is 1.43 bits per heavy atom. The Morgan fingerprint density at radius 1 is 0.826 bits per heavy atom. The van der Waals surface area contributed by atoms with Gasteiger partial charge in [-0.1, -0.05) is 42.4 Å². The summed E-state index contributed by atoms with van der Waals surface area (Å²) in [5.74, 6) is -0.287. The van der Waals surface area contributed by atoms with Gasteiger partial charge in [0, 0.05) is 60.0 Å². The van der Waals surface area contributed by atoms with Gasteiger partial charge in [-0.3, -0.25) is 4.90 Å². The quantitative estimate of drug-likeness (QED) is 0.154. The van der Waals surface area contributed by atoms with Gasteiger partial charge in [0.1, 0.15) is 6.61 Å². The number of thiocarbonyl (C=S) groups is 1. The highest BCUT2D eigenvalue weighted by Gasteiger charge is 2.34. The Bertz CT molecular complexity index is 1530. The summed E-state index contributed by atoms with van der Waals surface area (Å²) in [6.07, 6.45) is -7.81. The monoisotopic (exact) mass is 701 g/mol. The summed E-state index contributed by atoms with van der Waals surface area (Å²) >= 11 is 13.0. The van der Waals surface area contributed by atoms with Crippen molar-refractivity contribution in [1.29, 1.82) is 0 Å². The number of rotatable bonds is 10. The molecule has 0 aliphatic carbocycles. The van der Waals surface area contributed by atoms with Crippen molar-refractivity contribution in [2.75, 3.05) is 57.3 Å². The fourth-order valence-electron chi connectivity index (χ4n) is 5.67. The molecule has 2 heterocycles. The fraction of sp³-hybridized carbons (Fsp3) is 0.424. The van der Waals surface area contributed by atoms with Gasteiger partial charge >= 0.3 is 12.4 Å². The molecule has 2 aliphatic heterocycles. The lowest BCUT2D eigenvalue weighted by Crippen LogP contribution is -2.47. The lowest BCUT2D eigenvalue weighted by Gasteiger charge is -2.36. The number of fused-ring (bicyclic) bond motifs is 2. The summed E-state index contributed by atoms with van der Waals surface area (Å²) in [5, 5.41) is 0.606. The van der Waals surface area contributed by atoms with Gasteiger partial charge in [0.2, 0.25) is 0 Å². The standard InChI is InChI=1S/C33H34ClF6N3OS2/c1-22(19-23-20-24(32(35,36)37)7-9-26(23)34)31(45)44-18-17-42-15-13-41(14-16-42)11-4-12-43-27-5-2-3-6-29(27)46-30-10-8-25(21-28(30)43)33(38,39)40/h2-3,5-10,20-22H,4,11-19H2,1H3. The second-order valence-corrected chi connectivity index (χ2v) is 13.4. The number of hydrogen-bond donors (Lipinski definition) is 0. The Kier molecular flexibility index (Phi) is 11.1. The second-order valence-electron chi connectivity index (χ2n) is 11.5. The first-order valence-corrected chi connectivity index (χ1v) is 16.6. The minimum atomic E-state index is -4.45. The van der Waals surface area contributed by atoms with Gasteiger partial charge in [-0.2, -0.15) is 26.3 Å². The zero-order valence-electron chi connectivity index (χ0n) is 25.1. The highest BCUT2D eigenvalue weighted by molar-refractivity contribution is 7.99. The smallest absolute Gasteiger partial charge is 0.416 e. The topological polar surface area (TPSA) is 19.0 Å². The van der Waals surface area contributed by atoms with Crippen LogP contribution in [0.15, 0.2) is 70.5 Å². The van der Waals surface area contributed by atoms with E-state index in [9.17, 15) is 26.3 Å². The molecule has 1 unspecified atom stereocenters. The van der Waals surface area contributed by atoms with E-state index < -0.39 is 23.5 Å². The minimum Gasteiger partial charge on any atom is -0.485 e. The zero-order chi connectivity index (χ0) is 33.1. The van der Waals surface area contributed by atoms with Crippen LogP contribution in [0.3, 0.4) is 0 Å². The van der Waals surface area contributed by atoms with Gasteiger partial charge < -0.3 is 14.5 Å². The molecule has 4 nitrogen and oxygen atoms in total. The lowest BCUT2D eigenvalue weighted by molar-refractivity contribution is -0.138. The average molecular weight is 702 g/mol. The third-order valence-electron chi connectivity index (χ3n) is 8.23. The van der Waals surface area contributed by atoms with E-state index >= 15 is 0 Å². The molecule has 0 spiro atoms. The van der Waals surface area contributed by atoms with Crippen LogP contribution in [-0.2, 0) is 23.5 Å². The molecular weight excluding hydrogens is 668 g/mol. The maximum absolute atomic E-state index is 13.5. The summed E-state index contributed by atoms with van der Waals surface area (Å²) in [7, 11) is 0. The molecule has 0 saturated carbocycles. The average Bonchev–Trinajstić information content (AvgIpc) is 3.01. The summed E-state index contributed by atoms with van der Waals surface area (Å²) in [5.41, 5.74) is 0.505. The molecule has 46 heavy (non-hydrogen) atoms. The Morgan fingerprint density at radius 3 is 2.13 bits per heavy atom. The summed E-state index contributed by atoms with van der Waals surface area (Å²) < 4.78 is 85.7. The summed E-state index contributed by atoms with van der Waals surface area (Å²) in [6.45, 7) is 7.68. The van der Waals surface area contributed by atoms with Crippen molar-refractivity contribution in [1.82, 2.24) is 9.80 Å². The van der Waals surface area contributed by atoms with E-state index in [2.05, 4.69) is 9.80 Å². The molecule has 0 bridgehead atoms. The Labute approximate surface area is 279 Å². The molecule has 0 N–H and O–H groups in total. The van der Waals surface area contributed by atoms with Crippen molar-refractivity contribution in [2.24, 2.45) is 5.92 Å². The molecule has 3 aromatic carbocycles. The maximum atomic E-state index is 13.5. The van der Waals surface area contributed by atoms with Crippen LogP contribution >= 0.6 is 35.6 Å². The van der Waals surface area contributed by atoms with Gasteiger partial charge in [0.25, 0.3) is 0 Å². The molecular formula is C33H34ClF6N3OS2. The molecule has 248 valence electrons. The fourth-order valence-corrected chi connectivity index (χ4v) is 7.11. The van der Waals surface area contributed by atoms with Crippen LogP contribution < -0.4 is 4.90 Å². The van der Waals surface area contributed by atoms with Gasteiger partial charge in [0.15, 0.2) is 5.05 Å². The van der Waals surface area contributed by atoms with Crippen molar-refractivity contribution in [3.05, 3.63) is 82.4 Å². The number of anilines is 2. The van der Waals surface area contributed by atoms with E-state index in [0.717, 1.165) is 72.8 Å².